The Morgan fingerprint density at radius 3 is 3.00 bits per heavy atom. The molecule has 1 aromatic heterocycles. The van der Waals surface area contributed by atoms with E-state index in [1.807, 2.05) is 17.8 Å². The molecule has 0 aliphatic carbocycles. The van der Waals surface area contributed by atoms with Gasteiger partial charge in [0.15, 0.2) is 5.13 Å². The van der Waals surface area contributed by atoms with E-state index in [2.05, 4.69) is 42.3 Å². The lowest BCUT2D eigenvalue weighted by atomic mass is 10.3. The van der Waals surface area contributed by atoms with Gasteiger partial charge in [-0.05, 0) is 24.8 Å². The molecule has 0 aliphatic heterocycles. The van der Waals surface area contributed by atoms with Crippen LogP contribution in [0.5, 0.6) is 0 Å². The molecule has 0 bridgehead atoms. The molecule has 4 heteroatoms. The van der Waals surface area contributed by atoms with Crippen LogP contribution in [-0.4, -0.2) is 22.5 Å². The maximum Gasteiger partial charge on any atom is 0.184 e. The lowest BCUT2D eigenvalue weighted by Gasteiger charge is -2.11. The number of rotatable bonds is 5. The summed E-state index contributed by atoms with van der Waals surface area (Å²) in [5.74, 6) is 2.30. The van der Waals surface area contributed by atoms with E-state index in [1.54, 1.807) is 11.3 Å². The van der Waals surface area contributed by atoms with Gasteiger partial charge in [-0.15, -0.1) is 0 Å². The first-order valence-electron chi connectivity index (χ1n) is 5.49. The molecule has 2 nitrogen and oxygen atoms in total. The fourth-order valence-electron chi connectivity index (χ4n) is 1.48. The maximum atomic E-state index is 4.56. The molecule has 1 atom stereocenters. The van der Waals surface area contributed by atoms with E-state index >= 15 is 0 Å². The molecule has 1 N–H and O–H groups in total. The Morgan fingerprint density at radius 1 is 1.44 bits per heavy atom. The van der Waals surface area contributed by atoms with Crippen LogP contribution in [-0.2, 0) is 0 Å². The van der Waals surface area contributed by atoms with Crippen molar-refractivity contribution in [3.63, 3.8) is 0 Å². The lowest BCUT2D eigenvalue weighted by molar-refractivity contribution is 0.911. The molecule has 0 fully saturated rings. The Kier molecular flexibility index (Phi) is 4.07. The number of anilines is 1. The van der Waals surface area contributed by atoms with Crippen LogP contribution < -0.4 is 5.32 Å². The number of nitrogens with one attached hydrogen (secondary N) is 1. The van der Waals surface area contributed by atoms with Gasteiger partial charge in [-0.25, -0.2) is 4.98 Å². The molecule has 0 spiro atoms. The summed E-state index contributed by atoms with van der Waals surface area (Å²) >= 11 is 3.68. The monoisotopic (exact) mass is 252 g/mol. The molecule has 1 aromatic carbocycles. The third-order valence-corrected chi connectivity index (χ3v) is 4.35. The molecule has 0 saturated heterocycles. The predicted octanol–water partition coefficient (Wildman–Crippen LogP) is 3.85. The Balaban J connectivity index is 2.03. The van der Waals surface area contributed by atoms with Crippen LogP contribution in [0.3, 0.4) is 0 Å². The highest BCUT2D eigenvalue weighted by atomic mass is 32.2. The highest BCUT2D eigenvalue weighted by molar-refractivity contribution is 7.99. The Bertz CT molecular complexity index is 420. The fraction of sp³-hybridized carbons (Fsp3) is 0.417. The van der Waals surface area contributed by atoms with E-state index in [4.69, 9.17) is 0 Å². The van der Waals surface area contributed by atoms with Crippen molar-refractivity contribution in [3.05, 3.63) is 24.3 Å². The second-order valence-corrected chi connectivity index (χ2v) is 6.04. The highest BCUT2D eigenvalue weighted by Crippen LogP contribution is 2.26. The quantitative estimate of drug-likeness (QED) is 0.875. The second-order valence-electron chi connectivity index (χ2n) is 3.69. The number of fused-ring (bicyclic) bond motifs is 1. The highest BCUT2D eigenvalue weighted by Gasteiger charge is 2.06. The van der Waals surface area contributed by atoms with Crippen molar-refractivity contribution < 1.29 is 0 Å². The van der Waals surface area contributed by atoms with Crippen LogP contribution in [0.1, 0.15) is 13.8 Å². The lowest BCUT2D eigenvalue weighted by Crippen LogP contribution is -2.17. The normalized spacial score (nSPS) is 12.9. The summed E-state index contributed by atoms with van der Waals surface area (Å²) in [5.41, 5.74) is 1.09. The van der Waals surface area contributed by atoms with Gasteiger partial charge in [0, 0.05) is 11.8 Å². The number of para-hydroxylation sites is 1. The number of thioether (sulfide) groups is 1. The van der Waals surface area contributed by atoms with Gasteiger partial charge in [0.05, 0.1) is 10.2 Å². The minimum absolute atomic E-state index is 0.477. The topological polar surface area (TPSA) is 24.9 Å². The van der Waals surface area contributed by atoms with Crippen LogP contribution >= 0.6 is 23.1 Å². The number of nitrogens with zero attached hydrogens (tertiary/aromatic N) is 1. The summed E-state index contributed by atoms with van der Waals surface area (Å²) in [4.78, 5) is 4.56. The summed E-state index contributed by atoms with van der Waals surface area (Å²) in [6, 6.07) is 8.74. The summed E-state index contributed by atoms with van der Waals surface area (Å²) in [5, 5.41) is 4.49. The van der Waals surface area contributed by atoms with Gasteiger partial charge in [-0.2, -0.15) is 11.8 Å². The van der Waals surface area contributed by atoms with Gasteiger partial charge in [-0.3, -0.25) is 0 Å². The van der Waals surface area contributed by atoms with Crippen LogP contribution in [0, 0.1) is 0 Å². The van der Waals surface area contributed by atoms with Crippen molar-refractivity contribution in [2.45, 2.75) is 19.9 Å². The molecule has 1 heterocycles. The van der Waals surface area contributed by atoms with Gasteiger partial charge in [0.25, 0.3) is 0 Å². The number of benzene rings is 1. The first kappa shape index (κ1) is 11.7. The van der Waals surface area contributed by atoms with E-state index in [0.717, 1.165) is 16.4 Å². The molecule has 0 aliphatic rings. The maximum absolute atomic E-state index is 4.56. The van der Waals surface area contributed by atoms with Gasteiger partial charge in [0.1, 0.15) is 0 Å². The Morgan fingerprint density at radius 2 is 2.25 bits per heavy atom. The van der Waals surface area contributed by atoms with Crippen LogP contribution in [0.25, 0.3) is 10.2 Å². The van der Waals surface area contributed by atoms with Crippen LogP contribution in [0.2, 0.25) is 0 Å². The average Bonchev–Trinajstić information content (AvgIpc) is 2.68. The van der Waals surface area contributed by atoms with Crippen LogP contribution in [0.15, 0.2) is 24.3 Å². The molecule has 1 unspecified atom stereocenters. The molecule has 0 amide bonds. The summed E-state index contributed by atoms with van der Waals surface area (Å²) in [6.07, 6.45) is 0. The average molecular weight is 252 g/mol. The van der Waals surface area contributed by atoms with E-state index in [0.29, 0.717) is 6.04 Å². The zero-order valence-corrected chi connectivity index (χ0v) is 11.2. The van der Waals surface area contributed by atoms with Crippen LogP contribution in [0.4, 0.5) is 5.13 Å². The summed E-state index contributed by atoms with van der Waals surface area (Å²) in [7, 11) is 0. The number of hydrogen-bond donors (Lipinski definition) is 1. The number of thiazole rings is 1. The molecule has 86 valence electrons. The molecular formula is C12H16N2S2. The molecule has 2 rings (SSSR count). The van der Waals surface area contributed by atoms with Gasteiger partial charge in [-0.1, -0.05) is 30.4 Å². The molecule has 0 saturated carbocycles. The van der Waals surface area contributed by atoms with E-state index in [9.17, 15) is 0 Å². The largest absolute Gasteiger partial charge is 0.358 e. The first-order chi connectivity index (χ1) is 7.79. The zero-order valence-electron chi connectivity index (χ0n) is 9.56. The SMILES string of the molecule is CCSCC(C)Nc1nc2ccccc2s1. The van der Waals surface area contributed by atoms with E-state index in [-0.39, 0.29) is 0 Å². The zero-order chi connectivity index (χ0) is 11.4. The van der Waals surface area contributed by atoms with Crippen molar-refractivity contribution >= 4 is 38.4 Å². The van der Waals surface area contributed by atoms with Gasteiger partial charge in [0.2, 0.25) is 0 Å². The van der Waals surface area contributed by atoms with Crippen molar-refractivity contribution in [1.82, 2.24) is 4.98 Å². The summed E-state index contributed by atoms with van der Waals surface area (Å²) in [6.45, 7) is 4.39. The smallest absolute Gasteiger partial charge is 0.184 e. The van der Waals surface area contributed by atoms with Crippen molar-refractivity contribution in [3.8, 4) is 0 Å². The summed E-state index contributed by atoms with van der Waals surface area (Å²) < 4.78 is 1.25. The third-order valence-electron chi connectivity index (χ3n) is 2.24. The van der Waals surface area contributed by atoms with E-state index < -0.39 is 0 Å². The number of aromatic nitrogens is 1. The van der Waals surface area contributed by atoms with E-state index in [1.165, 1.54) is 10.5 Å². The standard InChI is InChI=1S/C12H16N2S2/c1-3-15-8-9(2)13-12-14-10-6-4-5-7-11(10)16-12/h4-7,9H,3,8H2,1-2H3,(H,13,14). The molecule has 16 heavy (non-hydrogen) atoms. The van der Waals surface area contributed by atoms with Gasteiger partial charge < -0.3 is 5.32 Å². The second kappa shape index (κ2) is 5.55. The molecule has 0 radical (unpaired) electrons. The Hall–Kier alpha value is -0.740. The third kappa shape index (κ3) is 2.89. The van der Waals surface area contributed by atoms with Crippen molar-refractivity contribution in [2.75, 3.05) is 16.8 Å². The van der Waals surface area contributed by atoms with Crippen molar-refractivity contribution in [1.29, 1.82) is 0 Å². The number of hydrogen-bond acceptors (Lipinski definition) is 4. The molecular weight excluding hydrogens is 236 g/mol. The molecule has 2 aromatic rings. The first-order valence-corrected chi connectivity index (χ1v) is 7.46. The Labute approximate surface area is 104 Å². The minimum Gasteiger partial charge on any atom is -0.358 e. The van der Waals surface area contributed by atoms with Gasteiger partial charge >= 0.3 is 0 Å². The fourth-order valence-corrected chi connectivity index (χ4v) is 3.13. The predicted molar refractivity (Wildman–Crippen MR) is 75.7 cm³/mol. The van der Waals surface area contributed by atoms with Crippen molar-refractivity contribution in [2.24, 2.45) is 0 Å². The minimum atomic E-state index is 0.477.